The van der Waals surface area contributed by atoms with E-state index >= 15 is 0 Å². The minimum absolute atomic E-state index is 0.179. The Morgan fingerprint density at radius 2 is 1.47 bits per heavy atom. The fraction of sp³-hybridized carbons (Fsp3) is 0.0909. The van der Waals surface area contributed by atoms with E-state index in [0.717, 1.165) is 12.1 Å². The van der Waals surface area contributed by atoms with E-state index in [1.165, 1.54) is 18.2 Å². The first kappa shape index (κ1) is 12.9. The molecule has 0 aliphatic heterocycles. The van der Waals surface area contributed by atoms with Crippen molar-refractivity contribution in [3.63, 3.8) is 0 Å². The Kier molecular flexibility index (Phi) is 3.16. The number of benzene rings is 1. The number of hydrogen-bond donors (Lipinski definition) is 2. The lowest BCUT2D eigenvalue weighted by atomic mass is 10.2. The molecular weight excluding hydrogens is 261 g/mol. The van der Waals surface area contributed by atoms with Crippen LogP contribution in [0.5, 0.6) is 5.75 Å². The van der Waals surface area contributed by atoms with Crippen LogP contribution in [0.25, 0.3) is 11.4 Å². The number of nitrogens with two attached hydrogens (primary N) is 2. The SMILES string of the molecule is Nc1cc(N)nc(-c2ccc(OC(F)(F)F)cc2)n1. The molecule has 1 heterocycles. The molecule has 2 aromatic rings. The number of anilines is 2. The van der Waals surface area contributed by atoms with Gasteiger partial charge in [-0.1, -0.05) is 0 Å². The van der Waals surface area contributed by atoms with Crippen LogP contribution < -0.4 is 16.2 Å². The predicted octanol–water partition coefficient (Wildman–Crippen LogP) is 2.21. The lowest BCUT2D eigenvalue weighted by molar-refractivity contribution is -0.274. The Morgan fingerprint density at radius 3 is 1.95 bits per heavy atom. The highest BCUT2D eigenvalue weighted by molar-refractivity contribution is 5.60. The second-order valence-electron chi connectivity index (χ2n) is 3.61. The monoisotopic (exact) mass is 270 g/mol. The molecule has 19 heavy (non-hydrogen) atoms. The van der Waals surface area contributed by atoms with Crippen LogP contribution in [0, 0.1) is 0 Å². The largest absolute Gasteiger partial charge is 0.573 e. The molecule has 100 valence electrons. The van der Waals surface area contributed by atoms with Crippen molar-refractivity contribution < 1.29 is 17.9 Å². The van der Waals surface area contributed by atoms with Crippen LogP contribution in [-0.2, 0) is 0 Å². The highest BCUT2D eigenvalue weighted by atomic mass is 19.4. The second kappa shape index (κ2) is 4.63. The first-order valence-electron chi connectivity index (χ1n) is 5.10. The van der Waals surface area contributed by atoms with Gasteiger partial charge in [-0.2, -0.15) is 0 Å². The maximum Gasteiger partial charge on any atom is 0.573 e. The average Bonchev–Trinajstić information content (AvgIpc) is 2.26. The predicted molar refractivity (Wildman–Crippen MR) is 63.0 cm³/mol. The normalized spacial score (nSPS) is 11.3. The Morgan fingerprint density at radius 1 is 0.947 bits per heavy atom. The molecule has 2 rings (SSSR count). The number of hydrogen-bond acceptors (Lipinski definition) is 5. The third kappa shape index (κ3) is 3.47. The van der Waals surface area contributed by atoms with E-state index < -0.39 is 6.36 Å². The number of aromatic nitrogens is 2. The van der Waals surface area contributed by atoms with Crippen molar-refractivity contribution in [2.45, 2.75) is 6.36 Å². The van der Waals surface area contributed by atoms with Gasteiger partial charge in [0.25, 0.3) is 0 Å². The van der Waals surface area contributed by atoms with Gasteiger partial charge in [0.05, 0.1) is 0 Å². The van der Waals surface area contributed by atoms with Crippen LogP contribution in [0.15, 0.2) is 30.3 Å². The van der Waals surface area contributed by atoms with Crippen LogP contribution in [-0.4, -0.2) is 16.3 Å². The molecule has 5 nitrogen and oxygen atoms in total. The molecule has 4 N–H and O–H groups in total. The molecule has 0 atom stereocenters. The van der Waals surface area contributed by atoms with Crippen molar-refractivity contribution in [1.29, 1.82) is 0 Å². The maximum atomic E-state index is 12.0. The third-order valence-electron chi connectivity index (χ3n) is 2.11. The van der Waals surface area contributed by atoms with Crippen LogP contribution in [0.2, 0.25) is 0 Å². The standard InChI is InChI=1S/C11H9F3N4O/c12-11(13,14)19-7-3-1-6(2-4-7)10-17-8(15)5-9(16)18-10/h1-5H,(H4,15,16,17,18). The van der Waals surface area contributed by atoms with Crippen LogP contribution in [0.3, 0.4) is 0 Å². The number of rotatable bonds is 2. The second-order valence-corrected chi connectivity index (χ2v) is 3.61. The summed E-state index contributed by atoms with van der Waals surface area (Å²) < 4.78 is 39.7. The minimum Gasteiger partial charge on any atom is -0.406 e. The minimum atomic E-state index is -4.72. The van der Waals surface area contributed by atoms with E-state index in [1.54, 1.807) is 0 Å². The third-order valence-corrected chi connectivity index (χ3v) is 2.11. The van der Waals surface area contributed by atoms with Crippen molar-refractivity contribution in [1.82, 2.24) is 9.97 Å². The van der Waals surface area contributed by atoms with E-state index in [1.807, 2.05) is 0 Å². The first-order chi connectivity index (χ1) is 8.83. The molecule has 0 spiro atoms. The quantitative estimate of drug-likeness (QED) is 0.873. The zero-order valence-corrected chi connectivity index (χ0v) is 9.48. The first-order valence-corrected chi connectivity index (χ1v) is 5.10. The van der Waals surface area contributed by atoms with Crippen molar-refractivity contribution in [3.8, 4) is 17.1 Å². The number of halogens is 3. The summed E-state index contributed by atoms with van der Waals surface area (Å²) in [4.78, 5) is 7.86. The van der Waals surface area contributed by atoms with Gasteiger partial charge in [0.15, 0.2) is 5.82 Å². The molecule has 0 unspecified atom stereocenters. The molecule has 0 aliphatic carbocycles. The molecule has 1 aromatic heterocycles. The van der Waals surface area contributed by atoms with Gasteiger partial charge >= 0.3 is 6.36 Å². The van der Waals surface area contributed by atoms with Gasteiger partial charge in [-0.25, -0.2) is 9.97 Å². The number of nitrogen functional groups attached to an aromatic ring is 2. The molecule has 0 aliphatic rings. The van der Waals surface area contributed by atoms with Gasteiger partial charge in [0, 0.05) is 11.6 Å². The summed E-state index contributed by atoms with van der Waals surface area (Å²) in [7, 11) is 0. The van der Waals surface area contributed by atoms with Gasteiger partial charge in [0.2, 0.25) is 0 Å². The maximum absolute atomic E-state index is 12.0. The fourth-order valence-electron chi connectivity index (χ4n) is 1.42. The van der Waals surface area contributed by atoms with Crippen LogP contribution >= 0.6 is 0 Å². The van der Waals surface area contributed by atoms with Crippen molar-refractivity contribution >= 4 is 11.6 Å². The van der Waals surface area contributed by atoms with E-state index in [2.05, 4.69) is 14.7 Å². The molecule has 1 aromatic carbocycles. The van der Waals surface area contributed by atoms with Gasteiger partial charge in [-0.3, -0.25) is 0 Å². The number of nitrogens with zero attached hydrogens (tertiary/aromatic N) is 2. The molecule has 0 bridgehead atoms. The summed E-state index contributed by atoms with van der Waals surface area (Å²) in [6.07, 6.45) is -4.72. The Bertz CT molecular complexity index is 563. The fourth-order valence-corrected chi connectivity index (χ4v) is 1.42. The van der Waals surface area contributed by atoms with Gasteiger partial charge in [0.1, 0.15) is 17.4 Å². The topological polar surface area (TPSA) is 87.1 Å². The van der Waals surface area contributed by atoms with Crippen molar-refractivity contribution in [2.75, 3.05) is 11.5 Å². The Labute approximate surface area is 106 Å². The van der Waals surface area contributed by atoms with Crippen LogP contribution in [0.4, 0.5) is 24.8 Å². The van der Waals surface area contributed by atoms with E-state index in [4.69, 9.17) is 11.5 Å². The summed E-state index contributed by atoms with van der Waals surface area (Å²) >= 11 is 0. The molecule has 0 amide bonds. The smallest absolute Gasteiger partial charge is 0.406 e. The summed E-state index contributed by atoms with van der Waals surface area (Å²) in [6.45, 7) is 0. The summed E-state index contributed by atoms with van der Waals surface area (Å²) in [5.74, 6) is 0.264. The average molecular weight is 270 g/mol. The van der Waals surface area contributed by atoms with E-state index in [9.17, 15) is 13.2 Å². The molecule has 0 saturated carbocycles. The highest BCUT2D eigenvalue weighted by Gasteiger charge is 2.30. The van der Waals surface area contributed by atoms with E-state index in [-0.39, 0.29) is 23.2 Å². The lowest BCUT2D eigenvalue weighted by Crippen LogP contribution is -2.16. The Hall–Kier alpha value is -2.51. The number of ether oxygens (including phenoxy) is 1. The van der Waals surface area contributed by atoms with Gasteiger partial charge < -0.3 is 16.2 Å². The summed E-state index contributed by atoms with van der Waals surface area (Å²) in [6, 6.07) is 6.46. The van der Waals surface area contributed by atoms with Crippen molar-refractivity contribution in [2.24, 2.45) is 0 Å². The summed E-state index contributed by atoms with van der Waals surface area (Å²) in [5, 5.41) is 0. The molecular formula is C11H9F3N4O. The zero-order valence-electron chi connectivity index (χ0n) is 9.48. The Balaban J connectivity index is 2.27. The van der Waals surface area contributed by atoms with Crippen LogP contribution in [0.1, 0.15) is 0 Å². The van der Waals surface area contributed by atoms with E-state index in [0.29, 0.717) is 5.56 Å². The highest BCUT2D eigenvalue weighted by Crippen LogP contribution is 2.25. The molecule has 0 radical (unpaired) electrons. The summed E-state index contributed by atoms with van der Waals surface area (Å²) in [5.41, 5.74) is 11.5. The van der Waals surface area contributed by atoms with Gasteiger partial charge in [-0.05, 0) is 24.3 Å². The molecule has 0 saturated heterocycles. The van der Waals surface area contributed by atoms with Gasteiger partial charge in [-0.15, -0.1) is 13.2 Å². The number of alkyl halides is 3. The molecule has 8 heteroatoms. The zero-order chi connectivity index (χ0) is 14.0. The molecule has 0 fully saturated rings. The lowest BCUT2D eigenvalue weighted by Gasteiger charge is -2.09. The van der Waals surface area contributed by atoms with Crippen molar-refractivity contribution in [3.05, 3.63) is 30.3 Å².